The highest BCUT2D eigenvalue weighted by molar-refractivity contribution is 6.33. The Kier molecular flexibility index (Phi) is 4.72. The van der Waals surface area contributed by atoms with Gasteiger partial charge in [0.05, 0.1) is 22.8 Å². The molecule has 3 heterocycles. The normalized spacial score (nSPS) is 20.7. The third-order valence-corrected chi connectivity index (χ3v) is 5.18. The van der Waals surface area contributed by atoms with Crippen LogP contribution in [0.3, 0.4) is 0 Å². The number of benzene rings is 1. The summed E-state index contributed by atoms with van der Waals surface area (Å²) in [7, 11) is 1.92. The van der Waals surface area contributed by atoms with Crippen LogP contribution in [0.15, 0.2) is 36.7 Å². The Morgan fingerprint density at radius 1 is 1.37 bits per heavy atom. The van der Waals surface area contributed by atoms with Crippen molar-refractivity contribution in [3.05, 3.63) is 41.7 Å². The minimum Gasteiger partial charge on any atom is -0.481 e. The van der Waals surface area contributed by atoms with E-state index in [4.69, 9.17) is 11.6 Å². The molecule has 8 heteroatoms. The van der Waals surface area contributed by atoms with Crippen molar-refractivity contribution in [2.24, 2.45) is 5.92 Å². The van der Waals surface area contributed by atoms with Gasteiger partial charge < -0.3 is 20.3 Å². The number of anilines is 1. The van der Waals surface area contributed by atoms with E-state index in [1.54, 1.807) is 6.20 Å². The molecule has 1 aromatic carbocycles. The van der Waals surface area contributed by atoms with Crippen LogP contribution in [0.25, 0.3) is 22.2 Å². The standard InChI is InChI=1S/C19H20ClN5O2/c1-25-9-11(18(26)27)6-12(10-25)23-19-22-8-15(20)17(24-19)14-7-21-16-5-3-2-4-13(14)16/h2-5,7-8,11-12,21H,6,9-10H2,1H3,(H,26,27)(H,22,23,24)/t11-,12+/m1/s1. The molecule has 2 atom stereocenters. The summed E-state index contributed by atoms with van der Waals surface area (Å²) >= 11 is 6.37. The molecule has 2 aromatic heterocycles. The van der Waals surface area contributed by atoms with Gasteiger partial charge in [0.15, 0.2) is 0 Å². The average molecular weight is 386 g/mol. The van der Waals surface area contributed by atoms with Crippen LogP contribution in [0.2, 0.25) is 5.02 Å². The molecule has 1 saturated heterocycles. The Balaban J connectivity index is 1.62. The van der Waals surface area contributed by atoms with Crippen LogP contribution in [0.1, 0.15) is 6.42 Å². The monoisotopic (exact) mass is 385 g/mol. The largest absolute Gasteiger partial charge is 0.481 e. The molecule has 3 N–H and O–H groups in total. The molecule has 1 aliphatic heterocycles. The summed E-state index contributed by atoms with van der Waals surface area (Å²) in [6, 6.07) is 7.91. The number of aromatic amines is 1. The molecule has 7 nitrogen and oxygen atoms in total. The summed E-state index contributed by atoms with van der Waals surface area (Å²) in [5.41, 5.74) is 2.56. The SMILES string of the molecule is CN1C[C@@H](Nc2ncc(Cl)c(-c3c[nH]c4ccccc34)n2)C[C@@H](C(=O)O)C1. The van der Waals surface area contributed by atoms with Crippen molar-refractivity contribution in [2.75, 3.05) is 25.5 Å². The Morgan fingerprint density at radius 2 is 2.19 bits per heavy atom. The van der Waals surface area contributed by atoms with Gasteiger partial charge in [-0.1, -0.05) is 29.8 Å². The maximum absolute atomic E-state index is 11.4. The number of nitrogens with zero attached hydrogens (tertiary/aromatic N) is 3. The van der Waals surface area contributed by atoms with E-state index in [1.807, 2.05) is 42.4 Å². The number of nitrogens with one attached hydrogen (secondary N) is 2. The second-order valence-corrected chi connectivity index (χ2v) is 7.38. The lowest BCUT2D eigenvalue weighted by molar-refractivity contribution is -0.143. The molecule has 140 valence electrons. The zero-order valence-electron chi connectivity index (χ0n) is 14.8. The van der Waals surface area contributed by atoms with Gasteiger partial charge in [-0.3, -0.25) is 4.79 Å². The van der Waals surface area contributed by atoms with Gasteiger partial charge in [0.25, 0.3) is 0 Å². The number of carbonyl (C=O) groups is 1. The summed E-state index contributed by atoms with van der Waals surface area (Å²) in [4.78, 5) is 25.5. The van der Waals surface area contributed by atoms with Crippen LogP contribution in [-0.4, -0.2) is 57.1 Å². The second kappa shape index (κ2) is 7.17. The van der Waals surface area contributed by atoms with Crippen LogP contribution in [0.5, 0.6) is 0 Å². The number of halogens is 1. The smallest absolute Gasteiger partial charge is 0.307 e. The zero-order valence-corrected chi connectivity index (χ0v) is 15.6. The first-order valence-corrected chi connectivity index (χ1v) is 9.16. The molecule has 0 aliphatic carbocycles. The number of para-hydroxylation sites is 1. The van der Waals surface area contributed by atoms with E-state index in [1.165, 1.54) is 0 Å². The summed E-state index contributed by atoms with van der Waals surface area (Å²) in [6.07, 6.45) is 4.00. The highest BCUT2D eigenvalue weighted by atomic mass is 35.5. The molecular weight excluding hydrogens is 366 g/mol. The van der Waals surface area contributed by atoms with Gasteiger partial charge >= 0.3 is 5.97 Å². The van der Waals surface area contributed by atoms with Gasteiger partial charge in [0.2, 0.25) is 5.95 Å². The molecule has 1 fully saturated rings. The number of H-pyrrole nitrogens is 1. The van der Waals surface area contributed by atoms with Crippen molar-refractivity contribution in [3.63, 3.8) is 0 Å². The van der Waals surface area contributed by atoms with Crippen molar-refractivity contribution >= 4 is 34.4 Å². The van der Waals surface area contributed by atoms with Gasteiger partial charge in [-0.2, -0.15) is 0 Å². The number of hydrogen-bond acceptors (Lipinski definition) is 5. The molecule has 0 bridgehead atoms. The number of likely N-dealkylation sites (tertiary alicyclic amines) is 1. The third kappa shape index (κ3) is 3.61. The summed E-state index contributed by atoms with van der Waals surface area (Å²) < 4.78 is 0. The topological polar surface area (TPSA) is 94.1 Å². The average Bonchev–Trinajstić information content (AvgIpc) is 3.07. The Hall–Kier alpha value is -2.64. The maximum Gasteiger partial charge on any atom is 0.307 e. The fourth-order valence-corrected chi connectivity index (χ4v) is 3.87. The fraction of sp³-hybridized carbons (Fsp3) is 0.316. The van der Waals surface area contributed by atoms with Crippen LogP contribution in [0.4, 0.5) is 5.95 Å². The van der Waals surface area contributed by atoms with Crippen LogP contribution in [0, 0.1) is 5.92 Å². The van der Waals surface area contributed by atoms with E-state index in [0.717, 1.165) is 23.0 Å². The van der Waals surface area contributed by atoms with Crippen molar-refractivity contribution in [1.82, 2.24) is 19.9 Å². The van der Waals surface area contributed by atoms with Gasteiger partial charge in [0.1, 0.15) is 0 Å². The van der Waals surface area contributed by atoms with Gasteiger partial charge in [-0.05, 0) is 19.5 Å². The minimum atomic E-state index is -0.773. The molecule has 1 aliphatic rings. The molecular formula is C19H20ClN5O2. The van der Waals surface area contributed by atoms with Crippen molar-refractivity contribution < 1.29 is 9.90 Å². The highest BCUT2D eigenvalue weighted by Gasteiger charge is 2.30. The summed E-state index contributed by atoms with van der Waals surface area (Å²) in [6.45, 7) is 1.29. The molecule has 0 unspecified atom stereocenters. The molecule has 4 rings (SSSR count). The second-order valence-electron chi connectivity index (χ2n) is 6.97. The molecule has 27 heavy (non-hydrogen) atoms. The van der Waals surface area contributed by atoms with Crippen molar-refractivity contribution in [3.8, 4) is 11.3 Å². The number of likely N-dealkylation sites (N-methyl/N-ethyl adjacent to an activating group) is 1. The number of aliphatic carboxylic acids is 1. The van der Waals surface area contributed by atoms with E-state index in [2.05, 4.69) is 20.3 Å². The van der Waals surface area contributed by atoms with Crippen LogP contribution < -0.4 is 5.32 Å². The van der Waals surface area contributed by atoms with Gasteiger partial charge in [0, 0.05) is 41.8 Å². The molecule has 3 aromatic rings. The predicted molar refractivity (Wildman–Crippen MR) is 105 cm³/mol. The fourth-order valence-electron chi connectivity index (χ4n) is 3.68. The number of carboxylic acid groups (broad SMARTS) is 1. The number of fused-ring (bicyclic) bond motifs is 1. The van der Waals surface area contributed by atoms with E-state index in [9.17, 15) is 9.90 Å². The molecule has 0 spiro atoms. The number of hydrogen-bond donors (Lipinski definition) is 3. The number of aromatic nitrogens is 3. The number of rotatable bonds is 4. The first kappa shape index (κ1) is 17.8. The predicted octanol–water partition coefficient (Wildman–Crippen LogP) is 3.10. The first-order valence-electron chi connectivity index (χ1n) is 8.78. The summed E-state index contributed by atoms with van der Waals surface area (Å²) in [5.74, 6) is -0.726. The summed E-state index contributed by atoms with van der Waals surface area (Å²) in [5, 5.41) is 14.1. The Bertz CT molecular complexity index is 989. The van der Waals surface area contributed by atoms with Crippen molar-refractivity contribution in [1.29, 1.82) is 0 Å². The van der Waals surface area contributed by atoms with Crippen molar-refractivity contribution in [2.45, 2.75) is 12.5 Å². The van der Waals surface area contributed by atoms with Crippen LogP contribution in [-0.2, 0) is 4.79 Å². The van der Waals surface area contributed by atoms with E-state index in [0.29, 0.717) is 29.6 Å². The lowest BCUT2D eigenvalue weighted by atomic mass is 9.95. The highest BCUT2D eigenvalue weighted by Crippen LogP contribution is 2.32. The van der Waals surface area contributed by atoms with Gasteiger partial charge in [-0.15, -0.1) is 0 Å². The minimum absolute atomic E-state index is 0.0400. The number of piperidine rings is 1. The zero-order chi connectivity index (χ0) is 19.0. The Morgan fingerprint density at radius 3 is 3.00 bits per heavy atom. The van der Waals surface area contributed by atoms with Gasteiger partial charge in [-0.25, -0.2) is 9.97 Å². The molecule has 0 amide bonds. The maximum atomic E-state index is 11.4. The first-order chi connectivity index (χ1) is 13.0. The number of carboxylic acids is 1. The van der Waals surface area contributed by atoms with E-state index < -0.39 is 11.9 Å². The molecule has 0 saturated carbocycles. The van der Waals surface area contributed by atoms with E-state index in [-0.39, 0.29) is 6.04 Å². The molecule has 0 radical (unpaired) electrons. The van der Waals surface area contributed by atoms with Crippen LogP contribution >= 0.6 is 11.6 Å². The lowest BCUT2D eigenvalue weighted by Crippen LogP contribution is -2.46. The van der Waals surface area contributed by atoms with E-state index >= 15 is 0 Å². The Labute approximate surface area is 161 Å². The quantitative estimate of drug-likeness (QED) is 0.639. The third-order valence-electron chi connectivity index (χ3n) is 4.90. The lowest BCUT2D eigenvalue weighted by Gasteiger charge is -2.34.